The number of hydrogen-bond donors (Lipinski definition) is 7. The Labute approximate surface area is 633 Å². The summed E-state index contributed by atoms with van der Waals surface area (Å²) in [6.07, 6.45) is 5.17. The molecule has 109 heavy (non-hydrogen) atoms. The second-order valence-electron chi connectivity index (χ2n) is 29.7. The van der Waals surface area contributed by atoms with Gasteiger partial charge in [-0.3, -0.25) is 47.9 Å². The highest BCUT2D eigenvalue weighted by atomic mass is 16.6. The van der Waals surface area contributed by atoms with Crippen LogP contribution in [-0.2, 0) is 91.2 Å². The predicted octanol–water partition coefficient (Wildman–Crippen LogP) is 3.25. The fourth-order valence-corrected chi connectivity index (χ4v) is 15.8. The maximum atomic E-state index is 14.5. The van der Waals surface area contributed by atoms with Gasteiger partial charge in [-0.05, 0) is 132 Å². The lowest BCUT2D eigenvalue weighted by molar-refractivity contribution is -0.158. The van der Waals surface area contributed by atoms with Crippen LogP contribution in [0, 0.1) is 11.8 Å². The van der Waals surface area contributed by atoms with Crippen LogP contribution in [0.25, 0.3) is 0 Å². The van der Waals surface area contributed by atoms with E-state index in [1.807, 2.05) is 44.2 Å². The summed E-state index contributed by atoms with van der Waals surface area (Å²) < 4.78 is 16.9. The number of amides is 13. The molecule has 0 bridgehead atoms. The number of esters is 2. The van der Waals surface area contributed by atoms with E-state index in [0.29, 0.717) is 95.8 Å². The third kappa shape index (κ3) is 19.9. The Morgan fingerprint density at radius 2 is 0.807 bits per heavy atom. The monoisotopic (exact) mass is 1500 g/mol. The van der Waals surface area contributed by atoms with Crippen LogP contribution in [-0.4, -0.2) is 238 Å². The number of para-hydroxylation sites is 1. The highest BCUT2D eigenvalue weighted by Crippen LogP contribution is 2.31. The van der Waals surface area contributed by atoms with E-state index in [9.17, 15) is 67.1 Å². The predicted molar refractivity (Wildman–Crippen MR) is 394 cm³/mol. The number of anilines is 1. The van der Waals surface area contributed by atoms with E-state index in [2.05, 4.69) is 37.2 Å². The molecule has 8 saturated heterocycles. The van der Waals surface area contributed by atoms with Gasteiger partial charge in [-0.15, -0.1) is 0 Å². The molecule has 8 heterocycles. The summed E-state index contributed by atoms with van der Waals surface area (Å²) in [5, 5.41) is 19.1. The molecule has 13 amide bonds. The van der Waals surface area contributed by atoms with Gasteiger partial charge >= 0.3 is 24.1 Å². The van der Waals surface area contributed by atoms with Gasteiger partial charge in [0.1, 0.15) is 92.3 Å². The zero-order valence-electron chi connectivity index (χ0n) is 62.0. The lowest BCUT2D eigenvalue weighted by atomic mass is 9.99. The molecule has 7 N–H and O–H groups in total. The van der Waals surface area contributed by atoms with Crippen LogP contribution in [0.1, 0.15) is 121 Å². The lowest BCUT2D eigenvalue weighted by Crippen LogP contribution is -2.62. The average Bonchev–Trinajstić information content (AvgIpc) is 1.74. The smallest absolute Gasteiger partial charge is 0.408 e. The standard InChI is InChI=1S/C40H50N6O9.C39H49N7O8/c1-25-20-33-39(52)54-24-30(42-34(47)29(21-27-12-5-3-6-13-27)43-40(53)55-23-28-14-7-4-8-15-28)37(50)45-19-11-17-32(45)38(51)44-18-10-9-16-31(44)35(48)41-26(2)36(49)46(33)22-25;1-24-20-32-38(52)54-23-29(42-33(47)28(21-26-12-5-3-6-13-26)43-39(53)41-27-14-7-4-8-15-27)36(50)45-19-11-17-31(45)37(51)44-18-10-9-16-30(44)34(48)40-25(2)35(49)46(32)22-24/h3-8,12-15,25-26,29-33H,9-11,16-24H2,1-2H3,(H,41,48)(H,42,47)(H,43,53);3-8,12-15,24-25,28-32H,9-11,16-23H2,1-2H3,(H,40,48)(H,42,47)(H2,41,43,53)/t25-,26+,29+,30+,31+,32+,33+;24-,25+,28+,29+,30+,31+,32+/m11/s1. The quantitative estimate of drug-likeness (QED) is 0.0746. The van der Waals surface area contributed by atoms with Crippen molar-refractivity contribution in [2.75, 3.05) is 57.8 Å². The Bertz CT molecular complexity index is 3970. The fraction of sp³-hybridized carbons (Fsp3) is 0.519. The largest absolute Gasteiger partial charge is 0.461 e. The zero-order valence-corrected chi connectivity index (χ0v) is 62.0. The molecule has 12 rings (SSSR count). The van der Waals surface area contributed by atoms with Gasteiger partial charge in [0.25, 0.3) is 0 Å². The third-order valence-corrected chi connectivity index (χ3v) is 21.5. The molecule has 582 valence electrons. The Kier molecular flexibility index (Phi) is 26.7. The number of piperidine rings is 2. The van der Waals surface area contributed by atoms with E-state index in [1.165, 1.54) is 29.4 Å². The summed E-state index contributed by atoms with van der Waals surface area (Å²) in [5.74, 6) is -6.95. The second-order valence-corrected chi connectivity index (χ2v) is 29.7. The lowest BCUT2D eigenvalue weighted by Gasteiger charge is -2.39. The van der Waals surface area contributed by atoms with Crippen LogP contribution in [0.5, 0.6) is 0 Å². The van der Waals surface area contributed by atoms with Gasteiger partial charge in [-0.1, -0.05) is 123 Å². The molecule has 8 aliphatic heterocycles. The van der Waals surface area contributed by atoms with E-state index in [1.54, 1.807) is 105 Å². The molecule has 30 nitrogen and oxygen atoms in total. The Balaban J connectivity index is 0.000000217. The van der Waals surface area contributed by atoms with Gasteiger partial charge in [0.15, 0.2) is 0 Å². The molecule has 4 aromatic carbocycles. The van der Waals surface area contributed by atoms with Crippen molar-refractivity contribution in [3.8, 4) is 0 Å². The Morgan fingerprint density at radius 1 is 0.431 bits per heavy atom. The van der Waals surface area contributed by atoms with Crippen molar-refractivity contribution in [3.05, 3.63) is 138 Å². The summed E-state index contributed by atoms with van der Waals surface area (Å²) >= 11 is 0. The zero-order chi connectivity index (χ0) is 77.4. The van der Waals surface area contributed by atoms with Gasteiger partial charge in [0, 0.05) is 57.8 Å². The third-order valence-electron chi connectivity index (χ3n) is 21.5. The molecule has 0 spiro atoms. The van der Waals surface area contributed by atoms with Gasteiger partial charge in [0.05, 0.1) is 0 Å². The first-order chi connectivity index (χ1) is 52.5. The molecule has 0 unspecified atom stereocenters. The molecule has 14 atom stereocenters. The van der Waals surface area contributed by atoms with E-state index >= 15 is 0 Å². The summed E-state index contributed by atoms with van der Waals surface area (Å²) in [6.45, 7) is 7.31. The molecule has 0 aromatic heterocycles. The number of carbonyl (C=O) groups excluding carboxylic acids is 14. The molecule has 4 aromatic rings. The van der Waals surface area contributed by atoms with Crippen molar-refractivity contribution in [3.63, 3.8) is 0 Å². The van der Waals surface area contributed by atoms with E-state index in [0.717, 1.165) is 16.7 Å². The summed E-state index contributed by atoms with van der Waals surface area (Å²) in [6, 6.07) is 22.6. The number of carbonyl (C=O) groups is 14. The number of rotatable bonds is 13. The molecule has 8 aliphatic rings. The van der Waals surface area contributed by atoms with Crippen LogP contribution in [0.2, 0.25) is 0 Å². The first-order valence-corrected chi connectivity index (χ1v) is 38.0. The van der Waals surface area contributed by atoms with Crippen LogP contribution in [0.3, 0.4) is 0 Å². The Hall–Kier alpha value is -10.9. The number of hydrogen-bond acceptors (Lipinski definition) is 17. The minimum atomic E-state index is -1.44. The number of ether oxygens (including phenoxy) is 3. The van der Waals surface area contributed by atoms with E-state index < -0.39 is 163 Å². The minimum Gasteiger partial charge on any atom is -0.461 e. The number of fused-ring (bicyclic) bond motifs is 6. The number of alkyl carbamates (subject to hydrolysis) is 1. The van der Waals surface area contributed by atoms with Crippen molar-refractivity contribution >= 4 is 88.8 Å². The number of urea groups is 1. The van der Waals surface area contributed by atoms with Crippen LogP contribution >= 0.6 is 0 Å². The van der Waals surface area contributed by atoms with Crippen molar-refractivity contribution in [1.29, 1.82) is 0 Å². The summed E-state index contributed by atoms with van der Waals surface area (Å²) in [5.41, 5.74) is 2.72. The van der Waals surface area contributed by atoms with E-state index in [-0.39, 0.29) is 63.4 Å². The normalized spacial score (nSPS) is 27.1. The first kappa shape index (κ1) is 79.1. The summed E-state index contributed by atoms with van der Waals surface area (Å²) in [7, 11) is 0. The van der Waals surface area contributed by atoms with Crippen LogP contribution in [0.15, 0.2) is 121 Å². The molecular formula is C79H99N13O17. The van der Waals surface area contributed by atoms with Crippen LogP contribution in [0.4, 0.5) is 15.3 Å². The average molecular weight is 1500 g/mol. The van der Waals surface area contributed by atoms with E-state index in [4.69, 9.17) is 14.2 Å². The molecule has 0 saturated carbocycles. The van der Waals surface area contributed by atoms with Crippen molar-refractivity contribution < 1.29 is 81.3 Å². The molecule has 8 fully saturated rings. The first-order valence-electron chi connectivity index (χ1n) is 38.0. The SMILES string of the molecule is C[C@@H]1C[C@H]2C(=O)OC[C@H](NC(=O)[C@H](Cc3ccccc3)NC(=O)Nc3ccccc3)C(=O)N3CCC[C@H]3C(=O)N3CCCC[C@H]3C(=O)N[C@@H](C)C(=O)N2C1.C[C@@H]1C[C@H]2C(=O)OC[C@H](NC(=O)[C@H](Cc3ccccc3)NC(=O)OCc3ccccc3)C(=O)N3CCC[C@H]3C(=O)N3CCCC[C@H]3C(=O)N[C@@H](C)C(=O)N2C1. The van der Waals surface area contributed by atoms with Gasteiger partial charge in [-0.2, -0.15) is 0 Å². The van der Waals surface area contributed by atoms with Gasteiger partial charge < -0.3 is 80.8 Å². The van der Waals surface area contributed by atoms with Crippen molar-refractivity contribution in [2.45, 2.75) is 197 Å². The number of nitrogens with one attached hydrogen (secondary N) is 7. The molecule has 0 aliphatic carbocycles. The van der Waals surface area contributed by atoms with Gasteiger partial charge in [0.2, 0.25) is 59.1 Å². The summed E-state index contributed by atoms with van der Waals surface area (Å²) in [4.78, 5) is 202. The van der Waals surface area contributed by atoms with Crippen molar-refractivity contribution in [1.82, 2.24) is 61.3 Å². The maximum absolute atomic E-state index is 14.5. The number of benzene rings is 4. The second kappa shape index (κ2) is 36.8. The molecule has 30 heteroatoms. The highest BCUT2D eigenvalue weighted by molar-refractivity contribution is 6.00. The Morgan fingerprint density at radius 3 is 1.24 bits per heavy atom. The number of cyclic esters (lactones) is 2. The maximum Gasteiger partial charge on any atom is 0.408 e. The highest BCUT2D eigenvalue weighted by Gasteiger charge is 2.49. The molecular weight excluding hydrogens is 1400 g/mol. The van der Waals surface area contributed by atoms with Crippen LogP contribution < -0.4 is 37.2 Å². The topological polar surface area (TPSA) is 370 Å². The minimum absolute atomic E-state index is 0.0363. The fourth-order valence-electron chi connectivity index (χ4n) is 15.8. The molecule has 0 radical (unpaired) electrons. The number of nitrogens with zero attached hydrogens (tertiary/aromatic N) is 6. The van der Waals surface area contributed by atoms with Gasteiger partial charge in [-0.25, -0.2) is 19.2 Å². The van der Waals surface area contributed by atoms with Crippen molar-refractivity contribution in [2.24, 2.45) is 11.8 Å².